The highest BCUT2D eigenvalue weighted by molar-refractivity contribution is 7.89. The van der Waals surface area contributed by atoms with Crippen molar-refractivity contribution in [2.24, 2.45) is 0 Å². The third kappa shape index (κ3) is 2.41. The van der Waals surface area contributed by atoms with Gasteiger partial charge in [-0.25, -0.2) is 12.7 Å². The van der Waals surface area contributed by atoms with Crippen LogP contribution in [0.25, 0.3) is 0 Å². The van der Waals surface area contributed by atoms with E-state index in [1.54, 1.807) is 0 Å². The molecule has 118 valence electrons. The van der Waals surface area contributed by atoms with Crippen molar-refractivity contribution in [1.29, 1.82) is 0 Å². The Morgan fingerprint density at radius 2 is 2.19 bits per heavy atom. The van der Waals surface area contributed by atoms with Crippen molar-refractivity contribution in [3.8, 4) is 0 Å². The van der Waals surface area contributed by atoms with Gasteiger partial charge in [-0.3, -0.25) is 0 Å². The maximum atomic E-state index is 12.5. The van der Waals surface area contributed by atoms with Gasteiger partial charge in [-0.2, -0.15) is 4.37 Å². The molecule has 2 atom stereocenters. The Labute approximate surface area is 128 Å². The van der Waals surface area contributed by atoms with Crippen molar-refractivity contribution in [2.45, 2.75) is 36.3 Å². The summed E-state index contributed by atoms with van der Waals surface area (Å²) in [7, 11) is -0.583. The molecule has 0 bridgehead atoms. The lowest BCUT2D eigenvalue weighted by molar-refractivity contribution is 0.0257. The Balaban J connectivity index is 2.04. The lowest BCUT2D eigenvalue weighted by atomic mass is 10.1. The van der Waals surface area contributed by atoms with E-state index in [4.69, 9.17) is 10.5 Å². The van der Waals surface area contributed by atoms with Crippen LogP contribution in [0.1, 0.15) is 19.3 Å². The summed E-state index contributed by atoms with van der Waals surface area (Å²) in [5, 5.41) is 0.654. The summed E-state index contributed by atoms with van der Waals surface area (Å²) in [6, 6.07) is 0.231. The smallest absolute Gasteiger partial charge is 0.249 e. The van der Waals surface area contributed by atoms with E-state index in [0.29, 0.717) is 18.2 Å². The van der Waals surface area contributed by atoms with Crippen molar-refractivity contribution in [3.63, 3.8) is 0 Å². The third-order valence-corrected chi connectivity index (χ3v) is 7.05. The van der Waals surface area contributed by atoms with Gasteiger partial charge in [-0.15, -0.1) is 0 Å². The molecule has 1 aromatic rings. The predicted octanol–water partition coefficient (Wildman–Crippen LogP) is 0.733. The zero-order chi connectivity index (χ0) is 15.2. The highest BCUT2D eigenvalue weighted by Gasteiger charge is 2.40. The molecule has 1 aromatic heterocycles. The molecule has 2 heterocycles. The summed E-state index contributed by atoms with van der Waals surface area (Å²) in [6.45, 7) is 1.29. The lowest BCUT2D eigenvalue weighted by Crippen LogP contribution is -2.48. The van der Waals surface area contributed by atoms with Gasteiger partial charge in [0.25, 0.3) is 0 Å². The molecule has 21 heavy (non-hydrogen) atoms. The highest BCUT2D eigenvalue weighted by atomic mass is 32.2. The first-order valence-corrected chi connectivity index (χ1v) is 9.20. The summed E-state index contributed by atoms with van der Waals surface area (Å²) in [5.74, 6) is 0.0877. The number of hydrogen-bond donors (Lipinski definition) is 1. The number of nitrogen functional groups attached to an aromatic ring is 1. The van der Waals surface area contributed by atoms with Gasteiger partial charge in [0.05, 0.1) is 18.8 Å². The summed E-state index contributed by atoms with van der Waals surface area (Å²) in [6.07, 6.45) is 3.35. The average molecular weight is 332 g/mol. The Morgan fingerprint density at radius 3 is 2.90 bits per heavy atom. The van der Waals surface area contributed by atoms with Gasteiger partial charge in [0.1, 0.15) is 5.00 Å². The molecule has 7 nitrogen and oxygen atoms in total. The number of aromatic nitrogens is 1. The molecule has 2 unspecified atom stereocenters. The summed E-state index contributed by atoms with van der Waals surface area (Å²) >= 11 is 1.17. The first kappa shape index (κ1) is 15.0. The second kappa shape index (κ2) is 5.38. The van der Waals surface area contributed by atoms with Gasteiger partial charge in [0.15, 0.2) is 10.7 Å². The van der Waals surface area contributed by atoms with Crippen molar-refractivity contribution in [2.75, 3.05) is 37.9 Å². The zero-order valence-electron chi connectivity index (χ0n) is 12.2. The topological polar surface area (TPSA) is 88.8 Å². The van der Waals surface area contributed by atoms with Crippen LogP contribution in [0.2, 0.25) is 0 Å². The maximum Gasteiger partial charge on any atom is 0.249 e. The lowest BCUT2D eigenvalue weighted by Gasteiger charge is -2.38. The highest BCUT2D eigenvalue weighted by Crippen LogP contribution is 2.41. The molecule has 2 aliphatic rings. The summed E-state index contributed by atoms with van der Waals surface area (Å²) in [4.78, 5) is 2.27. The van der Waals surface area contributed by atoms with Crippen LogP contribution in [0.3, 0.4) is 0 Å². The van der Waals surface area contributed by atoms with Crippen LogP contribution < -0.4 is 10.6 Å². The number of hydrogen-bond acceptors (Lipinski definition) is 7. The number of anilines is 2. The number of rotatable bonds is 3. The fraction of sp³-hybridized carbons (Fsp3) is 0.750. The molecular weight excluding hydrogens is 312 g/mol. The predicted molar refractivity (Wildman–Crippen MR) is 82.1 cm³/mol. The second-order valence-corrected chi connectivity index (χ2v) is 8.43. The molecule has 1 saturated carbocycles. The number of nitrogens with two attached hydrogens (primary N) is 1. The largest absolute Gasteiger partial charge is 0.382 e. The fourth-order valence-corrected chi connectivity index (χ4v) is 5.36. The van der Waals surface area contributed by atoms with E-state index < -0.39 is 10.0 Å². The van der Waals surface area contributed by atoms with Gasteiger partial charge in [-0.1, -0.05) is 0 Å². The molecule has 1 aliphatic carbocycles. The molecule has 0 spiro atoms. The van der Waals surface area contributed by atoms with E-state index in [9.17, 15) is 8.42 Å². The third-order valence-electron chi connectivity index (χ3n) is 4.14. The first-order chi connectivity index (χ1) is 9.93. The Hall–Kier alpha value is -0.900. The summed E-state index contributed by atoms with van der Waals surface area (Å²) in [5.41, 5.74) is 5.84. The van der Waals surface area contributed by atoms with Crippen molar-refractivity contribution in [1.82, 2.24) is 8.68 Å². The second-order valence-electron chi connectivity index (χ2n) is 5.59. The van der Waals surface area contributed by atoms with Gasteiger partial charge < -0.3 is 15.4 Å². The van der Waals surface area contributed by atoms with Gasteiger partial charge in [0.2, 0.25) is 10.0 Å². The quantitative estimate of drug-likeness (QED) is 0.878. The summed E-state index contributed by atoms with van der Waals surface area (Å²) < 4.78 is 36.1. The molecule has 0 radical (unpaired) electrons. The Bertz CT molecular complexity index is 628. The number of sulfonamides is 1. The molecule has 0 aromatic carbocycles. The molecule has 0 amide bonds. The zero-order valence-corrected chi connectivity index (χ0v) is 13.8. The van der Waals surface area contributed by atoms with Gasteiger partial charge in [-0.05, 0) is 30.8 Å². The standard InChI is InChI=1S/C12H20N4O3S2/c1-15(2)21(17,18)10-11(13)14-20-12(10)16-6-7-19-9-5-3-4-8(9)16/h8-9H,3-7H2,1-2H3,(H2,13,14). The van der Waals surface area contributed by atoms with E-state index in [1.807, 2.05) is 0 Å². The Kier molecular flexibility index (Phi) is 3.85. The first-order valence-electron chi connectivity index (χ1n) is 6.99. The molecule has 1 saturated heterocycles. The van der Waals surface area contributed by atoms with Gasteiger partial charge >= 0.3 is 0 Å². The molecular formula is C12H20N4O3S2. The molecule has 1 aliphatic heterocycles. The SMILES string of the molecule is CN(C)S(=O)(=O)c1c(N)nsc1N1CCOC2CCCC21. The number of ether oxygens (including phenoxy) is 1. The van der Waals surface area contributed by atoms with Crippen LogP contribution in [0.15, 0.2) is 4.90 Å². The molecule has 2 N–H and O–H groups in total. The normalized spacial score (nSPS) is 26.3. The van der Waals surface area contributed by atoms with Crippen LogP contribution in [0.4, 0.5) is 10.8 Å². The van der Waals surface area contributed by atoms with Crippen molar-refractivity contribution in [3.05, 3.63) is 0 Å². The molecule has 3 rings (SSSR count). The van der Waals surface area contributed by atoms with Crippen LogP contribution in [-0.4, -0.2) is 56.5 Å². The van der Waals surface area contributed by atoms with Crippen LogP contribution in [0, 0.1) is 0 Å². The van der Waals surface area contributed by atoms with E-state index in [0.717, 1.165) is 19.3 Å². The fourth-order valence-electron chi connectivity index (χ4n) is 3.07. The van der Waals surface area contributed by atoms with Crippen LogP contribution in [-0.2, 0) is 14.8 Å². The minimum Gasteiger partial charge on any atom is -0.382 e. The average Bonchev–Trinajstić information content (AvgIpc) is 3.04. The van der Waals surface area contributed by atoms with Crippen LogP contribution >= 0.6 is 11.5 Å². The monoisotopic (exact) mass is 332 g/mol. The van der Waals surface area contributed by atoms with E-state index >= 15 is 0 Å². The minimum atomic E-state index is -3.60. The number of nitrogens with zero attached hydrogens (tertiary/aromatic N) is 3. The van der Waals surface area contributed by atoms with E-state index in [-0.39, 0.29) is 22.9 Å². The maximum absolute atomic E-state index is 12.5. The number of fused-ring (bicyclic) bond motifs is 1. The van der Waals surface area contributed by atoms with Crippen LogP contribution in [0.5, 0.6) is 0 Å². The minimum absolute atomic E-state index is 0.0877. The molecule has 2 fully saturated rings. The van der Waals surface area contributed by atoms with E-state index in [2.05, 4.69) is 9.27 Å². The number of morpholine rings is 1. The van der Waals surface area contributed by atoms with E-state index in [1.165, 1.54) is 29.9 Å². The van der Waals surface area contributed by atoms with Gasteiger partial charge in [0, 0.05) is 20.6 Å². The Morgan fingerprint density at radius 1 is 1.43 bits per heavy atom. The molecule has 9 heteroatoms. The van der Waals surface area contributed by atoms with Crippen molar-refractivity contribution >= 4 is 32.4 Å². The van der Waals surface area contributed by atoms with Crippen molar-refractivity contribution < 1.29 is 13.2 Å².